The highest BCUT2D eigenvalue weighted by molar-refractivity contribution is 5.69. The summed E-state index contributed by atoms with van der Waals surface area (Å²) in [6.07, 6.45) is 2.25. The zero-order valence-corrected chi connectivity index (χ0v) is 11.7. The van der Waals surface area contributed by atoms with Gasteiger partial charge in [-0.05, 0) is 31.8 Å². The SMILES string of the molecule is COCCNCC1CCCN(CC2CNC(=O)O2)C1. The number of nitrogens with zero attached hydrogens (tertiary/aromatic N) is 1. The molecule has 1 amide bonds. The number of nitrogens with one attached hydrogen (secondary N) is 2. The Morgan fingerprint density at radius 2 is 2.47 bits per heavy atom. The van der Waals surface area contributed by atoms with Crippen molar-refractivity contribution >= 4 is 6.09 Å². The summed E-state index contributed by atoms with van der Waals surface area (Å²) in [5.41, 5.74) is 0. The second-order valence-corrected chi connectivity index (χ2v) is 5.37. The van der Waals surface area contributed by atoms with Crippen molar-refractivity contribution < 1.29 is 14.3 Å². The van der Waals surface area contributed by atoms with Crippen LogP contribution in [0.25, 0.3) is 0 Å². The van der Waals surface area contributed by atoms with E-state index in [1.807, 2.05) is 0 Å². The van der Waals surface area contributed by atoms with Gasteiger partial charge in [-0.3, -0.25) is 4.90 Å². The van der Waals surface area contributed by atoms with E-state index in [0.717, 1.165) is 39.3 Å². The van der Waals surface area contributed by atoms with Crippen LogP contribution in [0.15, 0.2) is 0 Å². The van der Waals surface area contributed by atoms with Crippen molar-refractivity contribution in [2.75, 3.05) is 53.0 Å². The lowest BCUT2D eigenvalue weighted by Crippen LogP contribution is -2.43. The summed E-state index contributed by atoms with van der Waals surface area (Å²) in [6.45, 7) is 6.43. The lowest BCUT2D eigenvalue weighted by Gasteiger charge is -2.33. The number of cyclic esters (lactones) is 1. The van der Waals surface area contributed by atoms with Crippen LogP contribution in [0.3, 0.4) is 0 Å². The van der Waals surface area contributed by atoms with E-state index in [1.165, 1.54) is 12.8 Å². The molecule has 0 aromatic carbocycles. The molecule has 0 bridgehead atoms. The summed E-state index contributed by atoms with van der Waals surface area (Å²) in [4.78, 5) is 13.4. The first kappa shape index (κ1) is 14.6. The molecule has 2 heterocycles. The molecule has 0 saturated carbocycles. The molecule has 110 valence electrons. The average Bonchev–Trinajstić information content (AvgIpc) is 2.81. The molecule has 6 heteroatoms. The van der Waals surface area contributed by atoms with Crippen molar-refractivity contribution in [3.8, 4) is 0 Å². The van der Waals surface area contributed by atoms with Crippen LogP contribution in [0.1, 0.15) is 12.8 Å². The van der Waals surface area contributed by atoms with Crippen LogP contribution in [0, 0.1) is 5.92 Å². The third-order valence-electron chi connectivity index (χ3n) is 3.73. The predicted octanol–water partition coefficient (Wildman–Crippen LogP) is 0.0428. The number of carbonyl (C=O) groups excluding carboxylic acids is 1. The fourth-order valence-corrected chi connectivity index (χ4v) is 2.79. The Labute approximate surface area is 114 Å². The van der Waals surface area contributed by atoms with E-state index in [1.54, 1.807) is 7.11 Å². The van der Waals surface area contributed by atoms with Gasteiger partial charge in [-0.2, -0.15) is 0 Å². The fourth-order valence-electron chi connectivity index (χ4n) is 2.79. The maximum absolute atomic E-state index is 11.0. The van der Waals surface area contributed by atoms with Crippen molar-refractivity contribution in [3.05, 3.63) is 0 Å². The molecule has 0 aromatic heterocycles. The molecule has 2 rings (SSSR count). The second kappa shape index (κ2) is 7.67. The average molecular weight is 271 g/mol. The lowest BCUT2D eigenvalue weighted by atomic mass is 9.97. The van der Waals surface area contributed by atoms with Gasteiger partial charge in [0.15, 0.2) is 0 Å². The van der Waals surface area contributed by atoms with E-state index in [9.17, 15) is 4.79 Å². The number of carbonyl (C=O) groups is 1. The standard InChI is InChI=1S/C13H25N3O3/c1-18-6-4-14-7-11-3-2-5-16(9-11)10-12-8-15-13(17)19-12/h11-12,14H,2-10H2,1H3,(H,15,17). The zero-order valence-electron chi connectivity index (χ0n) is 11.7. The molecular formula is C13H25N3O3. The van der Waals surface area contributed by atoms with E-state index in [0.29, 0.717) is 12.5 Å². The van der Waals surface area contributed by atoms with Gasteiger partial charge in [0.25, 0.3) is 0 Å². The number of hydrogen-bond donors (Lipinski definition) is 2. The minimum atomic E-state index is -0.278. The monoisotopic (exact) mass is 271 g/mol. The van der Waals surface area contributed by atoms with E-state index >= 15 is 0 Å². The number of ether oxygens (including phenoxy) is 2. The number of amides is 1. The van der Waals surface area contributed by atoms with E-state index < -0.39 is 0 Å². The topological polar surface area (TPSA) is 62.8 Å². The molecule has 2 aliphatic heterocycles. The molecule has 2 atom stereocenters. The lowest BCUT2D eigenvalue weighted by molar-refractivity contribution is 0.0868. The molecule has 2 aliphatic rings. The number of methoxy groups -OCH3 is 1. The molecule has 6 nitrogen and oxygen atoms in total. The van der Waals surface area contributed by atoms with Gasteiger partial charge in [0.1, 0.15) is 6.10 Å². The first-order valence-corrected chi connectivity index (χ1v) is 7.14. The largest absolute Gasteiger partial charge is 0.443 e. The molecule has 0 aliphatic carbocycles. The van der Waals surface area contributed by atoms with E-state index in [-0.39, 0.29) is 12.2 Å². The first-order chi connectivity index (χ1) is 9.28. The van der Waals surface area contributed by atoms with Gasteiger partial charge >= 0.3 is 6.09 Å². The normalized spacial score (nSPS) is 28.2. The zero-order chi connectivity index (χ0) is 13.5. The molecule has 0 radical (unpaired) electrons. The quantitative estimate of drug-likeness (QED) is 0.640. The van der Waals surface area contributed by atoms with Crippen LogP contribution in [-0.2, 0) is 9.47 Å². The Morgan fingerprint density at radius 3 is 3.21 bits per heavy atom. The predicted molar refractivity (Wildman–Crippen MR) is 72.2 cm³/mol. The molecule has 2 fully saturated rings. The molecule has 2 saturated heterocycles. The minimum Gasteiger partial charge on any atom is -0.443 e. The van der Waals surface area contributed by atoms with Crippen LogP contribution >= 0.6 is 0 Å². The fraction of sp³-hybridized carbons (Fsp3) is 0.923. The van der Waals surface area contributed by atoms with Crippen LogP contribution in [-0.4, -0.2) is 70.1 Å². The van der Waals surface area contributed by atoms with Gasteiger partial charge in [-0.1, -0.05) is 0 Å². The molecule has 0 aromatic rings. The van der Waals surface area contributed by atoms with Gasteiger partial charge < -0.3 is 20.1 Å². The van der Waals surface area contributed by atoms with Crippen molar-refractivity contribution in [1.29, 1.82) is 0 Å². The highest BCUT2D eigenvalue weighted by Crippen LogP contribution is 2.17. The van der Waals surface area contributed by atoms with Gasteiger partial charge in [0.2, 0.25) is 0 Å². The van der Waals surface area contributed by atoms with Gasteiger partial charge in [-0.15, -0.1) is 0 Å². The number of likely N-dealkylation sites (tertiary alicyclic amines) is 1. The first-order valence-electron chi connectivity index (χ1n) is 7.14. The number of alkyl carbamates (subject to hydrolysis) is 1. The third-order valence-corrected chi connectivity index (χ3v) is 3.73. The summed E-state index contributed by atoms with van der Waals surface area (Å²) in [7, 11) is 1.72. The Bertz CT molecular complexity index is 288. The van der Waals surface area contributed by atoms with E-state index in [2.05, 4.69) is 15.5 Å². The summed E-state index contributed by atoms with van der Waals surface area (Å²) in [6, 6.07) is 0. The summed E-state index contributed by atoms with van der Waals surface area (Å²) in [5, 5.41) is 6.13. The molecule has 0 spiro atoms. The Hall–Kier alpha value is -0.850. The van der Waals surface area contributed by atoms with Crippen LogP contribution < -0.4 is 10.6 Å². The minimum absolute atomic E-state index is 0.0210. The smallest absolute Gasteiger partial charge is 0.407 e. The maximum atomic E-state index is 11.0. The highest BCUT2D eigenvalue weighted by Gasteiger charge is 2.27. The Morgan fingerprint density at radius 1 is 1.58 bits per heavy atom. The number of piperidine rings is 1. The molecule has 2 N–H and O–H groups in total. The highest BCUT2D eigenvalue weighted by atomic mass is 16.6. The van der Waals surface area contributed by atoms with E-state index in [4.69, 9.17) is 9.47 Å². The molecular weight excluding hydrogens is 246 g/mol. The van der Waals surface area contributed by atoms with Crippen molar-refractivity contribution in [2.45, 2.75) is 18.9 Å². The number of rotatable bonds is 7. The third kappa shape index (κ3) is 4.97. The van der Waals surface area contributed by atoms with Crippen molar-refractivity contribution in [2.24, 2.45) is 5.92 Å². The summed E-state index contributed by atoms with van der Waals surface area (Å²) >= 11 is 0. The summed E-state index contributed by atoms with van der Waals surface area (Å²) < 4.78 is 10.2. The Balaban J connectivity index is 1.64. The second-order valence-electron chi connectivity index (χ2n) is 5.37. The molecule has 19 heavy (non-hydrogen) atoms. The Kier molecular flexibility index (Phi) is 5.88. The van der Waals surface area contributed by atoms with Crippen LogP contribution in [0.5, 0.6) is 0 Å². The maximum Gasteiger partial charge on any atom is 0.407 e. The van der Waals surface area contributed by atoms with Crippen molar-refractivity contribution in [1.82, 2.24) is 15.5 Å². The summed E-state index contributed by atoms with van der Waals surface area (Å²) in [5.74, 6) is 0.690. The van der Waals surface area contributed by atoms with Crippen LogP contribution in [0.4, 0.5) is 4.79 Å². The van der Waals surface area contributed by atoms with Gasteiger partial charge in [-0.25, -0.2) is 4.79 Å². The number of hydrogen-bond acceptors (Lipinski definition) is 5. The molecule has 2 unspecified atom stereocenters. The van der Waals surface area contributed by atoms with Gasteiger partial charge in [0, 0.05) is 26.7 Å². The van der Waals surface area contributed by atoms with Crippen molar-refractivity contribution in [3.63, 3.8) is 0 Å². The van der Waals surface area contributed by atoms with Crippen LogP contribution in [0.2, 0.25) is 0 Å². The van der Waals surface area contributed by atoms with Gasteiger partial charge in [0.05, 0.1) is 13.2 Å².